The Labute approximate surface area is 171 Å². The number of hydrogen-bond donors (Lipinski definition) is 2. The molecule has 0 aliphatic carbocycles. The van der Waals surface area contributed by atoms with Crippen LogP contribution in [0, 0.1) is 0 Å². The van der Waals surface area contributed by atoms with Crippen LogP contribution >= 0.6 is 0 Å². The van der Waals surface area contributed by atoms with Crippen LogP contribution in [-0.2, 0) is 19.4 Å². The molecule has 6 nitrogen and oxygen atoms in total. The summed E-state index contributed by atoms with van der Waals surface area (Å²) < 4.78 is 5.14. The van der Waals surface area contributed by atoms with Crippen LogP contribution in [0.3, 0.4) is 0 Å². The van der Waals surface area contributed by atoms with E-state index in [0.29, 0.717) is 18.1 Å². The molecule has 150 valence electrons. The van der Waals surface area contributed by atoms with Crippen molar-refractivity contribution in [3.8, 4) is 5.75 Å². The quantitative estimate of drug-likeness (QED) is 0.600. The maximum absolute atomic E-state index is 12.4. The van der Waals surface area contributed by atoms with Crippen molar-refractivity contribution in [1.29, 1.82) is 0 Å². The molecule has 2 N–H and O–H groups in total. The van der Waals surface area contributed by atoms with Gasteiger partial charge in [-0.05, 0) is 41.7 Å². The van der Waals surface area contributed by atoms with Crippen LogP contribution in [0.15, 0.2) is 54.9 Å². The minimum atomic E-state index is -0.212. The first-order valence-corrected chi connectivity index (χ1v) is 9.75. The van der Waals surface area contributed by atoms with Crippen LogP contribution < -0.4 is 15.4 Å². The van der Waals surface area contributed by atoms with E-state index in [1.54, 1.807) is 19.5 Å². The smallest absolute Gasteiger partial charge is 0.254 e. The summed E-state index contributed by atoms with van der Waals surface area (Å²) >= 11 is 0. The molecule has 0 radical (unpaired) electrons. The number of aromatic nitrogens is 2. The number of aryl methyl sites for hydroxylation is 2. The predicted octanol–water partition coefficient (Wildman–Crippen LogP) is 4.28. The molecule has 1 heterocycles. The number of nitrogens with zero attached hydrogens (tertiary/aromatic N) is 2. The zero-order valence-electron chi connectivity index (χ0n) is 17.0. The summed E-state index contributed by atoms with van der Waals surface area (Å²) in [5.41, 5.74) is 4.89. The summed E-state index contributed by atoms with van der Waals surface area (Å²) in [5.74, 6) is 1.05. The van der Waals surface area contributed by atoms with E-state index in [2.05, 4.69) is 52.6 Å². The van der Waals surface area contributed by atoms with Gasteiger partial charge in [-0.1, -0.05) is 44.2 Å². The van der Waals surface area contributed by atoms with Gasteiger partial charge in [-0.15, -0.1) is 0 Å². The van der Waals surface area contributed by atoms with Gasteiger partial charge < -0.3 is 15.4 Å². The van der Waals surface area contributed by atoms with E-state index in [4.69, 9.17) is 4.74 Å². The van der Waals surface area contributed by atoms with Crippen molar-refractivity contribution >= 4 is 17.5 Å². The van der Waals surface area contributed by atoms with Crippen molar-refractivity contribution in [2.45, 2.75) is 33.2 Å². The average Bonchev–Trinajstić information content (AvgIpc) is 2.78. The lowest BCUT2D eigenvalue weighted by Gasteiger charge is -2.14. The SMILES string of the molecule is CCc1cccc(CC)c1Nc1ncc(C(=O)NCc2ccc(OC)cc2)cn1. The Morgan fingerprint density at radius 3 is 2.14 bits per heavy atom. The number of nitrogens with one attached hydrogen (secondary N) is 2. The highest BCUT2D eigenvalue weighted by atomic mass is 16.5. The van der Waals surface area contributed by atoms with Gasteiger partial charge in [0.15, 0.2) is 0 Å². The standard InChI is InChI=1S/C23H26N4O2/c1-4-17-7-6-8-18(5-2)21(17)27-23-25-14-19(15-26-23)22(28)24-13-16-9-11-20(29-3)12-10-16/h6-12,14-15H,4-5,13H2,1-3H3,(H,24,28)(H,25,26,27). The molecule has 0 aliphatic rings. The number of methoxy groups -OCH3 is 1. The molecule has 29 heavy (non-hydrogen) atoms. The third-order valence-electron chi connectivity index (χ3n) is 4.76. The molecule has 6 heteroatoms. The van der Waals surface area contributed by atoms with Crippen LogP contribution in [0.2, 0.25) is 0 Å². The fraction of sp³-hybridized carbons (Fsp3) is 0.261. The topological polar surface area (TPSA) is 76.1 Å². The highest BCUT2D eigenvalue weighted by Crippen LogP contribution is 2.25. The molecular formula is C23H26N4O2. The highest BCUT2D eigenvalue weighted by Gasteiger charge is 2.10. The average molecular weight is 390 g/mol. The monoisotopic (exact) mass is 390 g/mol. The minimum absolute atomic E-state index is 0.212. The van der Waals surface area contributed by atoms with Crippen molar-refractivity contribution in [3.05, 3.63) is 77.1 Å². The van der Waals surface area contributed by atoms with Crippen molar-refractivity contribution in [1.82, 2.24) is 15.3 Å². The first kappa shape index (κ1) is 20.3. The van der Waals surface area contributed by atoms with E-state index in [-0.39, 0.29) is 5.91 Å². The van der Waals surface area contributed by atoms with Crippen LogP contribution in [0.4, 0.5) is 11.6 Å². The van der Waals surface area contributed by atoms with Crippen LogP contribution in [0.1, 0.15) is 40.9 Å². The Hall–Kier alpha value is -3.41. The lowest BCUT2D eigenvalue weighted by atomic mass is 10.0. The van der Waals surface area contributed by atoms with Gasteiger partial charge in [0, 0.05) is 24.6 Å². The molecule has 0 aliphatic heterocycles. The Bertz CT molecular complexity index is 931. The highest BCUT2D eigenvalue weighted by molar-refractivity contribution is 5.93. The van der Waals surface area contributed by atoms with Gasteiger partial charge in [0.2, 0.25) is 5.95 Å². The number of carbonyl (C=O) groups excluding carboxylic acids is 1. The van der Waals surface area contributed by atoms with Crippen LogP contribution in [0.5, 0.6) is 5.75 Å². The molecule has 3 rings (SSSR count). The van der Waals surface area contributed by atoms with Gasteiger partial charge in [-0.3, -0.25) is 4.79 Å². The molecule has 0 atom stereocenters. The first-order chi connectivity index (χ1) is 14.1. The Morgan fingerprint density at radius 2 is 1.59 bits per heavy atom. The van der Waals surface area contributed by atoms with Crippen molar-refractivity contribution in [2.75, 3.05) is 12.4 Å². The van der Waals surface area contributed by atoms with E-state index in [1.807, 2.05) is 24.3 Å². The largest absolute Gasteiger partial charge is 0.497 e. The molecule has 0 saturated carbocycles. The van der Waals surface area contributed by atoms with Crippen molar-refractivity contribution < 1.29 is 9.53 Å². The molecule has 0 unspecified atom stereocenters. The minimum Gasteiger partial charge on any atom is -0.497 e. The number of amides is 1. The van der Waals surface area contributed by atoms with Gasteiger partial charge in [-0.25, -0.2) is 9.97 Å². The van der Waals surface area contributed by atoms with Gasteiger partial charge in [0.25, 0.3) is 5.91 Å². The second-order valence-electron chi connectivity index (χ2n) is 6.61. The Kier molecular flexibility index (Phi) is 6.79. The molecule has 1 aromatic heterocycles. The summed E-state index contributed by atoms with van der Waals surface area (Å²) in [7, 11) is 1.62. The maximum Gasteiger partial charge on any atom is 0.254 e. The number of carbonyl (C=O) groups is 1. The number of rotatable bonds is 8. The van der Waals surface area contributed by atoms with E-state index in [0.717, 1.165) is 29.8 Å². The number of para-hydroxylation sites is 1. The predicted molar refractivity (Wildman–Crippen MR) is 115 cm³/mol. The van der Waals surface area contributed by atoms with E-state index in [1.165, 1.54) is 11.1 Å². The fourth-order valence-electron chi connectivity index (χ4n) is 3.05. The lowest BCUT2D eigenvalue weighted by Crippen LogP contribution is -2.23. The summed E-state index contributed by atoms with van der Waals surface area (Å²) in [5, 5.41) is 6.19. The van der Waals surface area contributed by atoms with E-state index >= 15 is 0 Å². The summed E-state index contributed by atoms with van der Waals surface area (Å²) in [6.45, 7) is 4.67. The number of anilines is 2. The molecule has 0 saturated heterocycles. The second-order valence-corrected chi connectivity index (χ2v) is 6.61. The van der Waals surface area contributed by atoms with Crippen molar-refractivity contribution in [2.24, 2.45) is 0 Å². The normalized spacial score (nSPS) is 10.4. The lowest BCUT2D eigenvalue weighted by molar-refractivity contribution is 0.0950. The molecule has 0 fully saturated rings. The maximum atomic E-state index is 12.4. The fourth-order valence-corrected chi connectivity index (χ4v) is 3.05. The third kappa shape index (κ3) is 5.10. The van der Waals surface area contributed by atoms with Gasteiger partial charge in [-0.2, -0.15) is 0 Å². The number of ether oxygens (including phenoxy) is 1. The second kappa shape index (κ2) is 9.68. The summed E-state index contributed by atoms with van der Waals surface area (Å²) in [6, 6.07) is 13.8. The molecule has 0 spiro atoms. The van der Waals surface area contributed by atoms with Crippen LogP contribution in [-0.4, -0.2) is 23.0 Å². The molecule has 1 amide bonds. The van der Waals surface area contributed by atoms with Crippen molar-refractivity contribution in [3.63, 3.8) is 0 Å². The van der Waals surface area contributed by atoms with Gasteiger partial charge in [0.05, 0.1) is 12.7 Å². The number of benzene rings is 2. The third-order valence-corrected chi connectivity index (χ3v) is 4.76. The molecule has 3 aromatic rings. The number of hydrogen-bond acceptors (Lipinski definition) is 5. The van der Waals surface area contributed by atoms with Gasteiger partial charge in [0.1, 0.15) is 5.75 Å². The van der Waals surface area contributed by atoms with E-state index in [9.17, 15) is 4.79 Å². The summed E-state index contributed by atoms with van der Waals surface area (Å²) in [6.07, 6.45) is 4.92. The Morgan fingerprint density at radius 1 is 0.966 bits per heavy atom. The molecule has 0 bridgehead atoms. The van der Waals surface area contributed by atoms with Crippen LogP contribution in [0.25, 0.3) is 0 Å². The first-order valence-electron chi connectivity index (χ1n) is 9.75. The molecular weight excluding hydrogens is 364 g/mol. The van der Waals surface area contributed by atoms with Gasteiger partial charge >= 0.3 is 0 Å². The summed E-state index contributed by atoms with van der Waals surface area (Å²) in [4.78, 5) is 21.0. The Balaban J connectivity index is 1.64. The van der Waals surface area contributed by atoms with E-state index < -0.39 is 0 Å². The molecule has 2 aromatic carbocycles. The zero-order chi connectivity index (χ0) is 20.6. The zero-order valence-corrected chi connectivity index (χ0v) is 17.0.